The van der Waals surface area contributed by atoms with Crippen LogP contribution < -0.4 is 5.32 Å². The highest BCUT2D eigenvalue weighted by atomic mass is 32.2. The van der Waals surface area contributed by atoms with E-state index in [-0.39, 0.29) is 12.1 Å². The lowest BCUT2D eigenvalue weighted by molar-refractivity contribution is 0.200. The molecule has 1 unspecified atom stereocenters. The Labute approximate surface area is 88.2 Å². The van der Waals surface area contributed by atoms with E-state index in [0.29, 0.717) is 0 Å². The summed E-state index contributed by atoms with van der Waals surface area (Å²) >= 11 is 1.53. The number of hydrogen-bond donors (Lipinski definition) is 2. The molecule has 0 saturated heterocycles. The van der Waals surface area contributed by atoms with Crippen LogP contribution in [0.3, 0.4) is 0 Å². The third-order valence-electron chi connectivity index (χ3n) is 2.01. The third-order valence-corrected chi connectivity index (χ3v) is 3.26. The third kappa shape index (κ3) is 3.25. The van der Waals surface area contributed by atoms with E-state index >= 15 is 0 Å². The van der Waals surface area contributed by atoms with Gasteiger partial charge < -0.3 is 10.4 Å². The van der Waals surface area contributed by atoms with Gasteiger partial charge in [-0.05, 0) is 20.0 Å². The van der Waals surface area contributed by atoms with Gasteiger partial charge in [-0.25, -0.2) is 9.97 Å². The highest BCUT2D eigenvalue weighted by molar-refractivity contribution is 7.99. The van der Waals surface area contributed by atoms with Crippen LogP contribution in [0, 0.1) is 0 Å². The lowest BCUT2D eigenvalue weighted by atomic mass is 10.1. The Morgan fingerprint density at radius 3 is 2.64 bits per heavy atom. The van der Waals surface area contributed by atoms with E-state index in [9.17, 15) is 0 Å². The Kier molecular flexibility index (Phi) is 4.31. The Morgan fingerprint density at radius 1 is 1.50 bits per heavy atom. The molecule has 0 saturated carbocycles. The van der Waals surface area contributed by atoms with E-state index in [1.807, 2.05) is 14.0 Å². The number of nitrogens with zero attached hydrogens (tertiary/aromatic N) is 2. The maximum absolute atomic E-state index is 9.15. The van der Waals surface area contributed by atoms with Crippen LogP contribution in [-0.2, 0) is 0 Å². The van der Waals surface area contributed by atoms with Gasteiger partial charge in [-0.1, -0.05) is 11.8 Å². The topological polar surface area (TPSA) is 58.0 Å². The first-order valence-electron chi connectivity index (χ1n) is 4.40. The molecule has 14 heavy (non-hydrogen) atoms. The molecular formula is C9H15N3OS. The van der Waals surface area contributed by atoms with Crippen molar-refractivity contribution in [2.24, 2.45) is 0 Å². The van der Waals surface area contributed by atoms with Gasteiger partial charge in [-0.2, -0.15) is 0 Å². The Balaban J connectivity index is 2.48. The monoisotopic (exact) mass is 213 g/mol. The number of thioether (sulfide) groups is 1. The first-order chi connectivity index (χ1) is 6.70. The fourth-order valence-corrected chi connectivity index (χ4v) is 1.73. The van der Waals surface area contributed by atoms with Crippen LogP contribution in [0.15, 0.2) is 23.6 Å². The maximum atomic E-state index is 9.15. The maximum Gasteiger partial charge on any atom is 0.187 e. The molecule has 1 atom stereocenters. The molecule has 0 aliphatic rings. The Morgan fingerprint density at radius 2 is 2.14 bits per heavy atom. The zero-order chi connectivity index (χ0) is 10.4. The van der Waals surface area contributed by atoms with Crippen LogP contribution in [0.1, 0.15) is 6.92 Å². The van der Waals surface area contributed by atoms with Gasteiger partial charge in [0.25, 0.3) is 0 Å². The summed E-state index contributed by atoms with van der Waals surface area (Å²) in [7, 11) is 1.84. The molecule has 4 nitrogen and oxygen atoms in total. The number of nitrogens with one attached hydrogen (secondary N) is 1. The molecule has 0 aliphatic carbocycles. The van der Waals surface area contributed by atoms with Crippen LogP contribution in [0.25, 0.3) is 0 Å². The molecule has 0 spiro atoms. The van der Waals surface area contributed by atoms with Crippen molar-refractivity contribution in [1.29, 1.82) is 0 Å². The van der Waals surface area contributed by atoms with Gasteiger partial charge in [0.05, 0.1) is 6.61 Å². The molecule has 0 fully saturated rings. The molecule has 0 radical (unpaired) electrons. The van der Waals surface area contributed by atoms with Gasteiger partial charge in [0.1, 0.15) is 0 Å². The van der Waals surface area contributed by atoms with Crippen molar-refractivity contribution in [1.82, 2.24) is 15.3 Å². The summed E-state index contributed by atoms with van der Waals surface area (Å²) in [6, 6.07) is 1.79. The smallest absolute Gasteiger partial charge is 0.187 e. The van der Waals surface area contributed by atoms with Crippen LogP contribution in [0.2, 0.25) is 0 Å². The molecule has 0 aromatic carbocycles. The standard InChI is InChI=1S/C9H15N3OS/c1-9(6-13,10-2)7-14-8-11-4-3-5-12-8/h3-5,10,13H,6-7H2,1-2H3. The van der Waals surface area contributed by atoms with Gasteiger partial charge in [0.2, 0.25) is 0 Å². The van der Waals surface area contributed by atoms with Crippen molar-refractivity contribution >= 4 is 11.8 Å². The van der Waals surface area contributed by atoms with Crippen molar-refractivity contribution in [3.05, 3.63) is 18.5 Å². The predicted octanol–water partition coefficient (Wildman–Crippen LogP) is 0.539. The zero-order valence-corrected chi connectivity index (χ0v) is 9.21. The number of hydrogen-bond acceptors (Lipinski definition) is 5. The number of rotatable bonds is 5. The second-order valence-electron chi connectivity index (χ2n) is 3.29. The van der Waals surface area contributed by atoms with Gasteiger partial charge in [-0.15, -0.1) is 0 Å². The van der Waals surface area contributed by atoms with Gasteiger partial charge in [0.15, 0.2) is 5.16 Å². The zero-order valence-electron chi connectivity index (χ0n) is 8.40. The summed E-state index contributed by atoms with van der Waals surface area (Å²) in [6.45, 7) is 2.06. The van der Waals surface area contributed by atoms with E-state index in [2.05, 4.69) is 15.3 Å². The molecule has 1 rings (SSSR count). The lowest BCUT2D eigenvalue weighted by Gasteiger charge is -2.25. The number of aliphatic hydroxyl groups excluding tert-OH is 1. The summed E-state index contributed by atoms with van der Waals surface area (Å²) in [5.74, 6) is 0.740. The van der Waals surface area contributed by atoms with E-state index in [1.54, 1.807) is 18.5 Å². The first kappa shape index (κ1) is 11.4. The molecule has 1 heterocycles. The van der Waals surface area contributed by atoms with E-state index in [1.165, 1.54) is 11.8 Å². The summed E-state index contributed by atoms with van der Waals surface area (Å²) in [4.78, 5) is 8.19. The minimum Gasteiger partial charge on any atom is -0.394 e. The Hall–Kier alpha value is -0.650. The lowest BCUT2D eigenvalue weighted by Crippen LogP contribution is -2.45. The van der Waals surface area contributed by atoms with Crippen molar-refractivity contribution in [2.75, 3.05) is 19.4 Å². The van der Waals surface area contributed by atoms with Crippen molar-refractivity contribution in [3.8, 4) is 0 Å². The second kappa shape index (κ2) is 5.29. The quantitative estimate of drug-likeness (QED) is 0.552. The van der Waals surface area contributed by atoms with Gasteiger partial charge in [-0.3, -0.25) is 0 Å². The van der Waals surface area contributed by atoms with Crippen molar-refractivity contribution in [2.45, 2.75) is 17.6 Å². The predicted molar refractivity (Wildman–Crippen MR) is 57.3 cm³/mol. The average Bonchev–Trinajstić information content (AvgIpc) is 2.27. The SMILES string of the molecule is CNC(C)(CO)CSc1ncccn1. The molecule has 0 amide bonds. The van der Waals surface area contributed by atoms with Crippen molar-refractivity contribution < 1.29 is 5.11 Å². The van der Waals surface area contributed by atoms with E-state index < -0.39 is 0 Å². The largest absolute Gasteiger partial charge is 0.394 e. The second-order valence-corrected chi connectivity index (χ2v) is 4.23. The fraction of sp³-hybridized carbons (Fsp3) is 0.556. The minimum atomic E-state index is -0.274. The number of aliphatic hydroxyl groups is 1. The summed E-state index contributed by atoms with van der Waals surface area (Å²) in [6.07, 6.45) is 3.43. The fourth-order valence-electron chi connectivity index (χ4n) is 0.781. The van der Waals surface area contributed by atoms with Crippen LogP contribution in [-0.4, -0.2) is 40.0 Å². The molecule has 5 heteroatoms. The molecule has 1 aromatic rings. The molecule has 78 valence electrons. The van der Waals surface area contributed by atoms with E-state index in [4.69, 9.17) is 5.11 Å². The Bertz CT molecular complexity index is 264. The first-order valence-corrected chi connectivity index (χ1v) is 5.38. The normalized spacial score (nSPS) is 15.1. The minimum absolute atomic E-state index is 0.101. The molecule has 1 aromatic heterocycles. The van der Waals surface area contributed by atoms with Crippen LogP contribution in [0.5, 0.6) is 0 Å². The van der Waals surface area contributed by atoms with Crippen LogP contribution >= 0.6 is 11.8 Å². The highest BCUT2D eigenvalue weighted by Crippen LogP contribution is 2.17. The molecule has 0 bridgehead atoms. The molecular weight excluding hydrogens is 198 g/mol. The van der Waals surface area contributed by atoms with Crippen LogP contribution in [0.4, 0.5) is 0 Å². The van der Waals surface area contributed by atoms with Gasteiger partial charge in [0, 0.05) is 23.7 Å². The summed E-state index contributed by atoms with van der Waals surface area (Å²) in [5.41, 5.74) is -0.274. The number of likely N-dealkylation sites (N-methyl/N-ethyl adjacent to an activating group) is 1. The average molecular weight is 213 g/mol. The summed E-state index contributed by atoms with van der Waals surface area (Å²) < 4.78 is 0. The highest BCUT2D eigenvalue weighted by Gasteiger charge is 2.21. The molecule has 0 aliphatic heterocycles. The van der Waals surface area contributed by atoms with Gasteiger partial charge >= 0.3 is 0 Å². The van der Waals surface area contributed by atoms with Crippen molar-refractivity contribution in [3.63, 3.8) is 0 Å². The summed E-state index contributed by atoms with van der Waals surface area (Å²) in [5, 5.41) is 13.0. The molecule has 2 N–H and O–H groups in total. The van der Waals surface area contributed by atoms with E-state index in [0.717, 1.165) is 10.9 Å². The number of aromatic nitrogens is 2.